The Kier molecular flexibility index (Phi) is 42.6. The minimum atomic E-state index is -3.90. The summed E-state index contributed by atoms with van der Waals surface area (Å²) in [4.78, 5) is 48.2. The Hall–Kier alpha value is 0.0487. The third kappa shape index (κ3) is 40.7. The van der Waals surface area contributed by atoms with Gasteiger partial charge in [-0.1, -0.05) is 13.8 Å². The van der Waals surface area contributed by atoms with E-state index in [-0.39, 0.29) is 11.9 Å². The van der Waals surface area contributed by atoms with Crippen molar-refractivity contribution in [2.24, 2.45) is 0 Å². The summed E-state index contributed by atoms with van der Waals surface area (Å²) >= 11 is -3.90. The van der Waals surface area contributed by atoms with Gasteiger partial charge in [0.1, 0.15) is 0 Å². The van der Waals surface area contributed by atoms with Crippen LogP contribution in [0, 0.1) is 0 Å². The molecule has 0 saturated heterocycles. The predicted molar refractivity (Wildman–Crippen MR) is 212 cm³/mol. The van der Waals surface area contributed by atoms with Gasteiger partial charge >= 0.3 is 284 Å². The van der Waals surface area contributed by atoms with Crippen LogP contribution in [-0.4, -0.2) is 45.8 Å². The summed E-state index contributed by atoms with van der Waals surface area (Å²) in [6, 6.07) is 0. The molecule has 0 radical (unpaired) electrons. The molecule has 0 aliphatic rings. The van der Waals surface area contributed by atoms with Crippen molar-refractivity contribution in [2.45, 2.75) is 242 Å². The molecule has 0 unspecified atom stereocenters. The Morgan fingerprint density at radius 1 is 0.388 bits per heavy atom. The number of carbonyl (C=O) groups is 2. The van der Waals surface area contributed by atoms with E-state index >= 15 is 0 Å². The number of hydrogen-bond acceptors (Lipinski definition) is 7. The van der Waals surface area contributed by atoms with Crippen LogP contribution >= 0.6 is 8.60 Å². The second-order valence-corrected chi connectivity index (χ2v) is 24.1. The Morgan fingerprint density at radius 2 is 0.592 bits per heavy atom. The number of unbranched alkanes of at least 4 members (excludes halogenated alkanes) is 26. The van der Waals surface area contributed by atoms with Crippen molar-refractivity contribution in [2.75, 3.05) is 0 Å². The molecule has 0 heterocycles. The van der Waals surface area contributed by atoms with E-state index in [2.05, 4.69) is 27.7 Å². The van der Waals surface area contributed by atoms with Crippen molar-refractivity contribution in [3.63, 3.8) is 0 Å². The standard InChI is InChI=1S/2C12H24O2.2C8H17.H3O3P.Sn/c2*1-2-3-4-5-6-7-8-9-10-11-12(13)14;2*1-3-5-7-8-6-4-2;1-4(2)3;/h2*2-11H2,1H3,(H,13,14);2*1,3-8H2,2H3;1-3H;/q;;;;;+2/p-2. The zero-order valence-electron chi connectivity index (χ0n) is 33.0. The molecule has 3 N–H and O–H groups in total. The van der Waals surface area contributed by atoms with Gasteiger partial charge in [-0.3, -0.25) is 0 Å². The molecular weight excluding hydrogens is 742 g/mol. The first-order valence-electron chi connectivity index (χ1n) is 21.1. The van der Waals surface area contributed by atoms with Crippen LogP contribution in [0.15, 0.2) is 0 Å². The molecule has 0 rings (SSSR count). The third-order valence-electron chi connectivity index (χ3n) is 9.39. The molecule has 0 bridgehead atoms. The smallest absolute Gasteiger partial charge is 0.328 e. The SMILES string of the molecule is CCCCCCCCCCCC(=O)[O][Sn]([CH2]CCCCCCC)([CH2]CCCCCCC)[O]C(=O)CCCCCCCCCCC.OP(O)O. The van der Waals surface area contributed by atoms with Crippen LogP contribution in [0.5, 0.6) is 0 Å². The molecule has 9 heteroatoms. The van der Waals surface area contributed by atoms with Crippen molar-refractivity contribution in [1.29, 1.82) is 0 Å². The molecule has 0 spiro atoms. The van der Waals surface area contributed by atoms with Crippen LogP contribution in [0.2, 0.25) is 8.87 Å². The average Bonchev–Trinajstić information content (AvgIpc) is 3.06. The zero-order chi connectivity index (χ0) is 36.7. The predicted octanol–water partition coefficient (Wildman–Crippen LogP) is 13.3. The molecule has 0 aromatic rings. The fourth-order valence-electron chi connectivity index (χ4n) is 6.38. The quantitative estimate of drug-likeness (QED) is 0.0327. The van der Waals surface area contributed by atoms with Gasteiger partial charge in [-0.05, 0) is 0 Å². The van der Waals surface area contributed by atoms with Crippen LogP contribution in [0.3, 0.4) is 0 Å². The number of hydrogen-bond donors (Lipinski definition) is 3. The van der Waals surface area contributed by atoms with Gasteiger partial charge in [-0.25, -0.2) is 0 Å². The van der Waals surface area contributed by atoms with Crippen molar-refractivity contribution in [3.05, 3.63) is 0 Å². The minimum absolute atomic E-state index is 0.0819. The van der Waals surface area contributed by atoms with E-state index in [1.165, 1.54) is 141 Å². The van der Waals surface area contributed by atoms with Gasteiger partial charge in [0.2, 0.25) is 0 Å². The summed E-state index contributed by atoms with van der Waals surface area (Å²) in [6.07, 6.45) is 37.6. The second-order valence-electron chi connectivity index (χ2n) is 14.3. The minimum Gasteiger partial charge on any atom is -0.328 e. The van der Waals surface area contributed by atoms with Crippen molar-refractivity contribution < 1.29 is 30.4 Å². The summed E-state index contributed by atoms with van der Waals surface area (Å²) < 4.78 is 14.6. The van der Waals surface area contributed by atoms with E-state index in [0.29, 0.717) is 12.8 Å². The molecule has 294 valence electrons. The van der Waals surface area contributed by atoms with Gasteiger partial charge in [0.25, 0.3) is 0 Å². The average molecular weight is 826 g/mol. The van der Waals surface area contributed by atoms with E-state index < -0.39 is 27.8 Å². The number of rotatable bonds is 36. The molecule has 0 fully saturated rings. The van der Waals surface area contributed by atoms with Gasteiger partial charge in [0, 0.05) is 0 Å². The van der Waals surface area contributed by atoms with Crippen LogP contribution in [0.1, 0.15) is 233 Å². The maximum absolute atomic E-state index is 13.3. The van der Waals surface area contributed by atoms with Crippen molar-refractivity contribution in [1.82, 2.24) is 0 Å². The Morgan fingerprint density at radius 3 is 0.837 bits per heavy atom. The monoisotopic (exact) mass is 826 g/mol. The van der Waals surface area contributed by atoms with Crippen LogP contribution < -0.4 is 0 Å². The molecule has 0 atom stereocenters. The molecule has 0 aromatic carbocycles. The van der Waals surface area contributed by atoms with Gasteiger partial charge in [-0.2, -0.15) is 0 Å². The summed E-state index contributed by atoms with van der Waals surface area (Å²) in [5, 5.41) is 0. The normalized spacial score (nSPS) is 11.4. The molecule has 0 saturated carbocycles. The summed E-state index contributed by atoms with van der Waals surface area (Å²) in [5.74, 6) is -0.164. The molecule has 49 heavy (non-hydrogen) atoms. The second kappa shape index (κ2) is 40.8. The summed E-state index contributed by atoms with van der Waals surface area (Å²) in [7, 11) is -2.62. The first-order chi connectivity index (χ1) is 23.8. The molecule has 7 nitrogen and oxygen atoms in total. The van der Waals surface area contributed by atoms with Gasteiger partial charge in [0.15, 0.2) is 0 Å². The molecular formula is C40H83O7PSn. The third-order valence-corrected chi connectivity index (χ3v) is 19.2. The van der Waals surface area contributed by atoms with Crippen molar-refractivity contribution in [3.8, 4) is 0 Å². The van der Waals surface area contributed by atoms with Crippen LogP contribution in [-0.2, 0) is 15.7 Å². The Bertz CT molecular complexity index is 639. The van der Waals surface area contributed by atoms with Crippen LogP contribution in [0.25, 0.3) is 0 Å². The van der Waals surface area contributed by atoms with Crippen molar-refractivity contribution >= 4 is 39.7 Å². The Labute approximate surface area is 310 Å². The fraction of sp³-hybridized carbons (Fsp3) is 0.950. The van der Waals surface area contributed by atoms with Gasteiger partial charge in [-0.15, -0.1) is 0 Å². The van der Waals surface area contributed by atoms with E-state index in [1.54, 1.807) is 0 Å². The molecule has 0 amide bonds. The van der Waals surface area contributed by atoms with E-state index in [1.807, 2.05) is 0 Å². The van der Waals surface area contributed by atoms with E-state index in [4.69, 9.17) is 20.8 Å². The molecule has 0 aliphatic carbocycles. The van der Waals surface area contributed by atoms with E-state index in [0.717, 1.165) is 60.2 Å². The molecule has 0 aliphatic heterocycles. The zero-order valence-corrected chi connectivity index (χ0v) is 36.7. The Balaban J connectivity index is 0. The summed E-state index contributed by atoms with van der Waals surface area (Å²) in [5.41, 5.74) is 0. The first-order valence-corrected chi connectivity index (χ1v) is 28.6. The maximum atomic E-state index is 13.3. The fourth-order valence-corrected chi connectivity index (χ4v) is 15.8. The first kappa shape index (κ1) is 51.2. The van der Waals surface area contributed by atoms with Crippen LogP contribution in [0.4, 0.5) is 0 Å². The van der Waals surface area contributed by atoms with E-state index in [9.17, 15) is 9.59 Å². The van der Waals surface area contributed by atoms with Gasteiger partial charge in [0.05, 0.1) is 0 Å². The number of carbonyl (C=O) groups excluding carboxylic acids is 2. The van der Waals surface area contributed by atoms with Gasteiger partial charge < -0.3 is 14.7 Å². The topological polar surface area (TPSA) is 113 Å². The molecule has 0 aromatic heterocycles. The summed E-state index contributed by atoms with van der Waals surface area (Å²) in [6.45, 7) is 9.03.